The SMILES string of the molecule is CC(=O)NCc1ccc(-c2nc(NC(=O)CNC(=O)Cc3cccc(F)c3)sc2C)s1. The minimum atomic E-state index is -0.411. The van der Waals surface area contributed by atoms with Gasteiger partial charge in [-0.2, -0.15) is 0 Å². The van der Waals surface area contributed by atoms with Crippen molar-refractivity contribution in [3.05, 3.63) is 57.5 Å². The Balaban J connectivity index is 1.53. The summed E-state index contributed by atoms with van der Waals surface area (Å²) in [6.45, 7) is 3.64. The number of rotatable bonds is 8. The fraction of sp³-hybridized carbons (Fsp3) is 0.238. The molecule has 3 amide bonds. The molecule has 0 aliphatic rings. The third-order valence-electron chi connectivity index (χ3n) is 4.15. The van der Waals surface area contributed by atoms with Gasteiger partial charge in [0.25, 0.3) is 0 Å². The molecule has 0 aliphatic heterocycles. The average Bonchev–Trinajstić information content (AvgIpc) is 3.31. The Morgan fingerprint density at radius 2 is 1.87 bits per heavy atom. The summed E-state index contributed by atoms with van der Waals surface area (Å²) >= 11 is 2.87. The summed E-state index contributed by atoms with van der Waals surface area (Å²) in [5.74, 6) is -1.27. The zero-order valence-corrected chi connectivity index (χ0v) is 18.6. The van der Waals surface area contributed by atoms with Gasteiger partial charge in [0.15, 0.2) is 5.13 Å². The van der Waals surface area contributed by atoms with E-state index in [2.05, 4.69) is 20.9 Å². The molecule has 2 aromatic heterocycles. The van der Waals surface area contributed by atoms with Crippen LogP contribution < -0.4 is 16.0 Å². The lowest BCUT2D eigenvalue weighted by atomic mass is 10.1. The zero-order valence-electron chi connectivity index (χ0n) is 17.0. The second-order valence-electron chi connectivity index (χ2n) is 6.73. The lowest BCUT2D eigenvalue weighted by Crippen LogP contribution is -2.33. The Kier molecular flexibility index (Phi) is 7.48. The van der Waals surface area contributed by atoms with Crippen molar-refractivity contribution in [2.75, 3.05) is 11.9 Å². The summed E-state index contributed by atoms with van der Waals surface area (Å²) in [6, 6.07) is 9.63. The van der Waals surface area contributed by atoms with E-state index >= 15 is 0 Å². The molecule has 0 saturated heterocycles. The zero-order chi connectivity index (χ0) is 22.4. The highest BCUT2D eigenvalue weighted by Crippen LogP contribution is 2.34. The number of anilines is 1. The predicted octanol–water partition coefficient (Wildman–Crippen LogP) is 3.25. The molecule has 0 radical (unpaired) electrons. The van der Waals surface area contributed by atoms with E-state index in [0.29, 0.717) is 17.2 Å². The van der Waals surface area contributed by atoms with Crippen molar-refractivity contribution < 1.29 is 18.8 Å². The number of amides is 3. The van der Waals surface area contributed by atoms with Crippen LogP contribution in [0, 0.1) is 12.7 Å². The molecule has 0 saturated carbocycles. The van der Waals surface area contributed by atoms with Crippen LogP contribution in [0.15, 0.2) is 36.4 Å². The molecule has 2 heterocycles. The number of aryl methyl sites for hydroxylation is 1. The van der Waals surface area contributed by atoms with Crippen LogP contribution in [0.4, 0.5) is 9.52 Å². The molecule has 0 bridgehead atoms. The van der Waals surface area contributed by atoms with Gasteiger partial charge in [-0.1, -0.05) is 12.1 Å². The smallest absolute Gasteiger partial charge is 0.245 e. The van der Waals surface area contributed by atoms with E-state index in [1.54, 1.807) is 6.07 Å². The quantitative estimate of drug-likeness (QED) is 0.480. The minimum Gasteiger partial charge on any atom is -0.351 e. The van der Waals surface area contributed by atoms with Crippen molar-refractivity contribution in [1.82, 2.24) is 15.6 Å². The van der Waals surface area contributed by atoms with Gasteiger partial charge in [-0.05, 0) is 36.8 Å². The van der Waals surface area contributed by atoms with Crippen molar-refractivity contribution in [1.29, 1.82) is 0 Å². The van der Waals surface area contributed by atoms with E-state index < -0.39 is 11.7 Å². The first-order valence-corrected chi connectivity index (χ1v) is 11.1. The summed E-state index contributed by atoms with van der Waals surface area (Å²) in [4.78, 5) is 42.6. The molecule has 7 nitrogen and oxygen atoms in total. The summed E-state index contributed by atoms with van der Waals surface area (Å²) in [5.41, 5.74) is 1.31. The Hall–Kier alpha value is -3.11. The summed E-state index contributed by atoms with van der Waals surface area (Å²) in [6.07, 6.45) is -0.00918. The standard InChI is InChI=1S/C21H21FN4O3S2/c1-12-20(17-7-6-16(31-17)10-23-13(2)27)26-21(30-12)25-19(29)11-24-18(28)9-14-4-3-5-15(22)8-14/h3-8H,9-11H2,1-2H3,(H,23,27)(H,24,28)(H,25,26,29). The largest absolute Gasteiger partial charge is 0.351 e. The van der Waals surface area contributed by atoms with Gasteiger partial charge in [-0.3, -0.25) is 14.4 Å². The van der Waals surface area contributed by atoms with Crippen molar-refractivity contribution in [2.24, 2.45) is 0 Å². The summed E-state index contributed by atoms with van der Waals surface area (Å²) < 4.78 is 13.2. The van der Waals surface area contributed by atoms with Gasteiger partial charge in [0.2, 0.25) is 17.7 Å². The third kappa shape index (κ3) is 6.69. The van der Waals surface area contributed by atoms with E-state index in [0.717, 1.165) is 20.3 Å². The van der Waals surface area contributed by atoms with Gasteiger partial charge in [0.05, 0.1) is 30.1 Å². The number of carbonyl (C=O) groups is 3. The molecule has 0 spiro atoms. The molecule has 0 aliphatic carbocycles. The van der Waals surface area contributed by atoms with Crippen LogP contribution in [0.3, 0.4) is 0 Å². The van der Waals surface area contributed by atoms with Crippen LogP contribution >= 0.6 is 22.7 Å². The Bertz CT molecular complexity index is 1110. The Labute approximate surface area is 186 Å². The van der Waals surface area contributed by atoms with Crippen LogP contribution in [-0.2, 0) is 27.3 Å². The lowest BCUT2D eigenvalue weighted by Gasteiger charge is -2.05. The number of hydrogen-bond donors (Lipinski definition) is 3. The first-order chi connectivity index (χ1) is 14.8. The summed E-state index contributed by atoms with van der Waals surface area (Å²) in [5, 5.41) is 8.41. The predicted molar refractivity (Wildman–Crippen MR) is 119 cm³/mol. The second kappa shape index (κ2) is 10.3. The maximum Gasteiger partial charge on any atom is 0.245 e. The van der Waals surface area contributed by atoms with Gasteiger partial charge >= 0.3 is 0 Å². The highest BCUT2D eigenvalue weighted by Gasteiger charge is 2.15. The number of thiophene rings is 1. The number of benzene rings is 1. The van der Waals surface area contributed by atoms with Crippen LogP contribution in [0.25, 0.3) is 10.6 Å². The van der Waals surface area contributed by atoms with E-state index in [9.17, 15) is 18.8 Å². The number of nitrogens with zero attached hydrogens (tertiary/aromatic N) is 1. The molecular weight excluding hydrogens is 439 g/mol. The first kappa shape index (κ1) is 22.6. The topological polar surface area (TPSA) is 100 Å². The second-order valence-corrected chi connectivity index (χ2v) is 9.10. The van der Waals surface area contributed by atoms with Gasteiger partial charge in [0.1, 0.15) is 5.82 Å². The van der Waals surface area contributed by atoms with Gasteiger partial charge < -0.3 is 16.0 Å². The molecule has 0 fully saturated rings. The number of carbonyl (C=O) groups excluding carboxylic acids is 3. The van der Waals surface area contributed by atoms with E-state index in [1.807, 2.05) is 19.1 Å². The molecular formula is C21H21FN4O3S2. The van der Waals surface area contributed by atoms with Crippen molar-refractivity contribution in [2.45, 2.75) is 26.8 Å². The van der Waals surface area contributed by atoms with Crippen molar-refractivity contribution >= 4 is 45.5 Å². The number of aromatic nitrogens is 1. The number of hydrogen-bond acceptors (Lipinski definition) is 6. The number of halogens is 1. The van der Waals surface area contributed by atoms with Crippen LogP contribution in [0.2, 0.25) is 0 Å². The molecule has 162 valence electrons. The molecule has 0 atom stereocenters. The molecule has 0 unspecified atom stereocenters. The molecule has 1 aromatic carbocycles. The Morgan fingerprint density at radius 3 is 2.61 bits per heavy atom. The van der Waals surface area contributed by atoms with Crippen LogP contribution in [-0.4, -0.2) is 29.3 Å². The number of thiazole rings is 1. The molecule has 3 rings (SSSR count). The molecule has 31 heavy (non-hydrogen) atoms. The van der Waals surface area contributed by atoms with Crippen molar-refractivity contribution in [3.63, 3.8) is 0 Å². The van der Waals surface area contributed by atoms with E-state index in [-0.39, 0.29) is 24.8 Å². The third-order valence-corrected chi connectivity index (χ3v) is 6.13. The van der Waals surface area contributed by atoms with Gasteiger partial charge in [-0.15, -0.1) is 22.7 Å². The molecule has 3 N–H and O–H groups in total. The normalized spacial score (nSPS) is 10.5. The fourth-order valence-electron chi connectivity index (χ4n) is 2.73. The lowest BCUT2D eigenvalue weighted by molar-refractivity contribution is -0.123. The van der Waals surface area contributed by atoms with E-state index in [1.165, 1.54) is 47.8 Å². The highest BCUT2D eigenvalue weighted by atomic mass is 32.1. The maximum absolute atomic E-state index is 13.2. The van der Waals surface area contributed by atoms with Crippen LogP contribution in [0.5, 0.6) is 0 Å². The first-order valence-electron chi connectivity index (χ1n) is 9.42. The fourth-order valence-corrected chi connectivity index (χ4v) is 4.63. The van der Waals surface area contributed by atoms with Crippen LogP contribution in [0.1, 0.15) is 22.2 Å². The molecule has 10 heteroatoms. The monoisotopic (exact) mass is 460 g/mol. The van der Waals surface area contributed by atoms with E-state index in [4.69, 9.17) is 0 Å². The Morgan fingerprint density at radius 1 is 1.06 bits per heavy atom. The maximum atomic E-state index is 13.2. The number of nitrogens with one attached hydrogen (secondary N) is 3. The van der Waals surface area contributed by atoms with Gasteiger partial charge in [0, 0.05) is 16.7 Å². The van der Waals surface area contributed by atoms with Gasteiger partial charge in [-0.25, -0.2) is 9.37 Å². The highest BCUT2D eigenvalue weighted by molar-refractivity contribution is 7.18. The summed E-state index contributed by atoms with van der Waals surface area (Å²) in [7, 11) is 0. The average molecular weight is 461 g/mol. The van der Waals surface area contributed by atoms with Crippen molar-refractivity contribution in [3.8, 4) is 10.6 Å². The minimum absolute atomic E-state index is 0.00918. The molecule has 3 aromatic rings.